The maximum Gasteiger partial charge on any atom is 0.0789 e. The van der Waals surface area contributed by atoms with Crippen LogP contribution in [-0.2, 0) is 0 Å². The van der Waals surface area contributed by atoms with Gasteiger partial charge in [-0.3, -0.25) is 0 Å². The van der Waals surface area contributed by atoms with Crippen LogP contribution in [0.1, 0.15) is 26.2 Å². The Labute approximate surface area is 62.0 Å². The number of fused-ring (bicyclic) bond motifs is 3. The maximum atomic E-state index is 11.6. The van der Waals surface area contributed by atoms with Crippen LogP contribution in [0.25, 0.3) is 0 Å². The van der Waals surface area contributed by atoms with Crippen LogP contribution in [-0.4, -0.2) is 24.3 Å². The van der Waals surface area contributed by atoms with E-state index in [0.717, 1.165) is 38.9 Å². The quantitative estimate of drug-likeness (QED) is 0.370. The van der Waals surface area contributed by atoms with Crippen LogP contribution >= 0.6 is 0 Å². The number of hydrogen-bond acceptors (Lipinski definition) is 1. The van der Waals surface area contributed by atoms with E-state index in [2.05, 4.69) is 6.92 Å². The molecular formula is C8H15NO. The van der Waals surface area contributed by atoms with Crippen LogP contribution < -0.4 is 0 Å². The van der Waals surface area contributed by atoms with Crippen molar-refractivity contribution < 1.29 is 4.65 Å². The lowest BCUT2D eigenvalue weighted by molar-refractivity contribution is -0.899. The smallest absolute Gasteiger partial charge is 0.0789 e. The molecule has 10 heavy (non-hydrogen) atoms. The summed E-state index contributed by atoms with van der Waals surface area (Å²) in [5, 5.41) is 11.6. The molecule has 0 aromatic rings. The predicted molar refractivity (Wildman–Crippen MR) is 40.2 cm³/mol. The Morgan fingerprint density at radius 1 is 1.10 bits per heavy atom. The summed E-state index contributed by atoms with van der Waals surface area (Å²) in [6.07, 6.45) is 3.49. The first kappa shape index (κ1) is 6.62. The number of piperidine rings is 3. The van der Waals surface area contributed by atoms with Gasteiger partial charge in [-0.2, -0.15) is 0 Å². The summed E-state index contributed by atoms with van der Waals surface area (Å²) >= 11 is 0. The second-order valence-electron chi connectivity index (χ2n) is 4.29. The minimum Gasteiger partial charge on any atom is -0.633 e. The standard InChI is InChI=1S/C8H15NO/c1-8-2-5-9(10,6-3-8)7-4-8/h2-7H2,1H3. The molecule has 2 bridgehead atoms. The van der Waals surface area contributed by atoms with E-state index in [0.29, 0.717) is 5.41 Å². The van der Waals surface area contributed by atoms with E-state index in [4.69, 9.17) is 0 Å². The number of nitrogens with zero attached hydrogens (tertiary/aromatic N) is 1. The van der Waals surface area contributed by atoms with Gasteiger partial charge in [0.05, 0.1) is 19.6 Å². The number of rotatable bonds is 0. The molecule has 2 nitrogen and oxygen atoms in total. The van der Waals surface area contributed by atoms with Gasteiger partial charge in [0.15, 0.2) is 0 Å². The molecule has 0 aromatic heterocycles. The van der Waals surface area contributed by atoms with Crippen molar-refractivity contribution in [2.24, 2.45) is 5.41 Å². The molecule has 3 saturated heterocycles. The van der Waals surface area contributed by atoms with Gasteiger partial charge in [-0.05, 0) is 5.41 Å². The van der Waals surface area contributed by atoms with Crippen molar-refractivity contribution in [1.82, 2.24) is 0 Å². The summed E-state index contributed by atoms with van der Waals surface area (Å²) in [5.74, 6) is 0. The summed E-state index contributed by atoms with van der Waals surface area (Å²) in [5.41, 5.74) is 0.546. The Bertz CT molecular complexity index is 113. The molecule has 0 atom stereocenters. The Hall–Kier alpha value is -0.0800. The van der Waals surface area contributed by atoms with Crippen LogP contribution in [0.3, 0.4) is 0 Å². The summed E-state index contributed by atoms with van der Waals surface area (Å²) < 4.78 is 0.121. The Morgan fingerprint density at radius 3 is 1.80 bits per heavy atom. The Balaban J connectivity index is 2.16. The van der Waals surface area contributed by atoms with Gasteiger partial charge in [0, 0.05) is 19.3 Å². The molecular weight excluding hydrogens is 126 g/mol. The van der Waals surface area contributed by atoms with Crippen molar-refractivity contribution >= 4 is 0 Å². The van der Waals surface area contributed by atoms with E-state index >= 15 is 0 Å². The van der Waals surface area contributed by atoms with Gasteiger partial charge in [0.2, 0.25) is 0 Å². The summed E-state index contributed by atoms with van der Waals surface area (Å²) in [6, 6.07) is 0. The van der Waals surface area contributed by atoms with Crippen molar-refractivity contribution in [2.75, 3.05) is 19.6 Å². The van der Waals surface area contributed by atoms with Crippen LogP contribution in [0.5, 0.6) is 0 Å². The highest BCUT2D eigenvalue weighted by molar-refractivity contribution is 4.82. The minimum absolute atomic E-state index is 0.121. The molecule has 3 fully saturated rings. The zero-order valence-corrected chi connectivity index (χ0v) is 6.60. The fourth-order valence-electron chi connectivity index (χ4n) is 2.13. The monoisotopic (exact) mass is 141 g/mol. The molecule has 0 aromatic carbocycles. The summed E-state index contributed by atoms with van der Waals surface area (Å²) in [4.78, 5) is 0. The highest BCUT2D eigenvalue weighted by atomic mass is 16.5. The average Bonchev–Trinajstić information content (AvgIpc) is 1.93. The average molecular weight is 141 g/mol. The number of hydroxylamine groups is 3. The lowest BCUT2D eigenvalue weighted by atomic mass is 9.73. The van der Waals surface area contributed by atoms with Crippen molar-refractivity contribution in [3.05, 3.63) is 5.21 Å². The molecule has 0 unspecified atom stereocenters. The Morgan fingerprint density at radius 2 is 1.50 bits per heavy atom. The molecule has 3 aliphatic rings. The van der Waals surface area contributed by atoms with E-state index in [-0.39, 0.29) is 4.65 Å². The molecule has 0 aliphatic carbocycles. The van der Waals surface area contributed by atoms with Crippen LogP contribution in [0.4, 0.5) is 0 Å². The third-order valence-electron chi connectivity index (χ3n) is 3.37. The van der Waals surface area contributed by atoms with Crippen molar-refractivity contribution in [1.29, 1.82) is 0 Å². The van der Waals surface area contributed by atoms with Gasteiger partial charge in [-0.25, -0.2) is 0 Å². The lowest BCUT2D eigenvalue weighted by Crippen LogP contribution is -2.57. The van der Waals surface area contributed by atoms with E-state index in [9.17, 15) is 5.21 Å². The molecule has 0 saturated carbocycles. The largest absolute Gasteiger partial charge is 0.633 e. The van der Waals surface area contributed by atoms with Crippen LogP contribution in [0, 0.1) is 10.6 Å². The highest BCUT2D eigenvalue weighted by Gasteiger charge is 2.41. The molecule has 2 heteroatoms. The van der Waals surface area contributed by atoms with Gasteiger partial charge >= 0.3 is 0 Å². The normalized spacial score (nSPS) is 53.4. The molecule has 3 rings (SSSR count). The van der Waals surface area contributed by atoms with Gasteiger partial charge in [-0.1, -0.05) is 6.92 Å². The van der Waals surface area contributed by atoms with Gasteiger partial charge in [0.25, 0.3) is 0 Å². The predicted octanol–water partition coefficient (Wildman–Crippen LogP) is 1.50. The fraction of sp³-hybridized carbons (Fsp3) is 1.00. The van der Waals surface area contributed by atoms with E-state index < -0.39 is 0 Å². The fourth-order valence-corrected chi connectivity index (χ4v) is 2.13. The first-order valence-electron chi connectivity index (χ1n) is 4.19. The molecule has 58 valence electrons. The number of hydrogen-bond donors (Lipinski definition) is 0. The molecule has 3 aliphatic heterocycles. The second kappa shape index (κ2) is 1.74. The second-order valence-corrected chi connectivity index (χ2v) is 4.29. The lowest BCUT2D eigenvalue weighted by Gasteiger charge is -2.56. The third kappa shape index (κ3) is 0.867. The van der Waals surface area contributed by atoms with Crippen molar-refractivity contribution in [3.63, 3.8) is 0 Å². The van der Waals surface area contributed by atoms with Crippen LogP contribution in [0.15, 0.2) is 0 Å². The molecule has 0 radical (unpaired) electrons. The first-order valence-corrected chi connectivity index (χ1v) is 4.19. The zero-order valence-electron chi connectivity index (χ0n) is 6.60. The van der Waals surface area contributed by atoms with Gasteiger partial charge in [0.1, 0.15) is 0 Å². The SMILES string of the molecule is CC12CC[N+]([O-])(CC1)CC2. The summed E-state index contributed by atoms with van der Waals surface area (Å²) in [6.45, 7) is 4.99. The minimum atomic E-state index is 0.121. The molecule has 0 N–H and O–H groups in total. The molecule has 0 spiro atoms. The van der Waals surface area contributed by atoms with Gasteiger partial charge < -0.3 is 9.85 Å². The molecule has 0 amide bonds. The van der Waals surface area contributed by atoms with Crippen molar-refractivity contribution in [3.8, 4) is 0 Å². The first-order chi connectivity index (χ1) is 4.62. The number of quaternary nitrogens is 1. The Kier molecular flexibility index (Phi) is 1.15. The molecule has 3 heterocycles. The summed E-state index contributed by atoms with van der Waals surface area (Å²) in [7, 11) is 0. The van der Waals surface area contributed by atoms with E-state index in [1.54, 1.807) is 0 Å². The third-order valence-corrected chi connectivity index (χ3v) is 3.37. The van der Waals surface area contributed by atoms with E-state index in [1.165, 1.54) is 0 Å². The van der Waals surface area contributed by atoms with Gasteiger partial charge in [-0.15, -0.1) is 0 Å². The topological polar surface area (TPSA) is 23.1 Å². The zero-order chi connectivity index (χ0) is 7.24. The maximum absolute atomic E-state index is 11.6. The van der Waals surface area contributed by atoms with E-state index in [1.807, 2.05) is 0 Å². The van der Waals surface area contributed by atoms with Crippen LogP contribution in [0.2, 0.25) is 0 Å². The van der Waals surface area contributed by atoms with Crippen molar-refractivity contribution in [2.45, 2.75) is 26.2 Å². The highest BCUT2D eigenvalue weighted by Crippen LogP contribution is 2.42.